The van der Waals surface area contributed by atoms with Crippen molar-refractivity contribution in [2.45, 2.75) is 39.2 Å². The van der Waals surface area contributed by atoms with Crippen LogP contribution >= 0.6 is 0 Å². The molecule has 0 aliphatic rings. The number of aromatic nitrogens is 7. The van der Waals surface area contributed by atoms with Crippen LogP contribution in [-0.2, 0) is 18.4 Å². The van der Waals surface area contributed by atoms with Crippen LogP contribution in [-0.4, -0.2) is 35.4 Å². The minimum absolute atomic E-state index is 0.105. The molecule has 2 aromatic heterocycles. The third kappa shape index (κ3) is 4.64. The lowest BCUT2D eigenvalue weighted by molar-refractivity contribution is 0.490. The fourth-order valence-electron chi connectivity index (χ4n) is 4.08. The second-order valence-corrected chi connectivity index (χ2v) is 9.41. The molecule has 0 saturated carbocycles. The number of benzene rings is 3. The molecule has 0 atom stereocenters. The highest BCUT2D eigenvalue weighted by atomic mass is 15.5. The maximum atomic E-state index is 4.91. The summed E-state index contributed by atoms with van der Waals surface area (Å²) in [5, 5.41) is 19.2. The molecule has 170 valence electrons. The van der Waals surface area contributed by atoms with Gasteiger partial charge in [0.05, 0.1) is 6.54 Å². The van der Waals surface area contributed by atoms with Gasteiger partial charge in [0, 0.05) is 17.4 Å². The minimum atomic E-state index is -0.105. The van der Waals surface area contributed by atoms with Gasteiger partial charge in [-0.2, -0.15) is 5.10 Å². The number of tetrazole rings is 1. The highest BCUT2D eigenvalue weighted by molar-refractivity contribution is 5.80. The Kier molecular flexibility index (Phi) is 5.76. The molecule has 7 heteroatoms. The number of hydrogen-bond donors (Lipinski definition) is 1. The topological polar surface area (TPSA) is 85.2 Å². The van der Waals surface area contributed by atoms with Gasteiger partial charge in [0.1, 0.15) is 5.82 Å². The maximum absolute atomic E-state index is 4.91. The van der Waals surface area contributed by atoms with Gasteiger partial charge in [-0.15, -0.1) is 5.10 Å². The molecular weight excluding hydrogens is 422 g/mol. The predicted octanol–water partition coefficient (Wildman–Crippen LogP) is 5.06. The van der Waals surface area contributed by atoms with Gasteiger partial charge >= 0.3 is 0 Å². The molecule has 0 bridgehead atoms. The normalized spacial score (nSPS) is 11.6. The minimum Gasteiger partial charge on any atom is -0.245 e. The van der Waals surface area contributed by atoms with Crippen molar-refractivity contribution in [2.24, 2.45) is 0 Å². The van der Waals surface area contributed by atoms with Crippen molar-refractivity contribution in [1.29, 1.82) is 0 Å². The van der Waals surface area contributed by atoms with Crippen molar-refractivity contribution in [3.63, 3.8) is 0 Å². The van der Waals surface area contributed by atoms with E-state index in [1.165, 1.54) is 11.1 Å². The van der Waals surface area contributed by atoms with Crippen LogP contribution in [0.2, 0.25) is 0 Å². The molecule has 3 aromatic carbocycles. The summed E-state index contributed by atoms with van der Waals surface area (Å²) in [6, 6.07) is 27.0. The molecule has 0 radical (unpaired) electrons. The molecule has 0 saturated heterocycles. The van der Waals surface area contributed by atoms with Crippen LogP contribution in [0.25, 0.3) is 22.5 Å². The third-order valence-electron chi connectivity index (χ3n) is 5.72. The van der Waals surface area contributed by atoms with Gasteiger partial charge in [-0.1, -0.05) is 99.6 Å². The zero-order chi connectivity index (χ0) is 23.5. The molecule has 2 heterocycles. The molecule has 0 unspecified atom stereocenters. The fraction of sp³-hybridized carbons (Fsp3) is 0.222. The largest absolute Gasteiger partial charge is 0.245 e. The zero-order valence-corrected chi connectivity index (χ0v) is 19.6. The Labute approximate surface area is 198 Å². The van der Waals surface area contributed by atoms with Crippen molar-refractivity contribution in [2.75, 3.05) is 0 Å². The Bertz CT molecular complexity index is 1360. The average Bonchev–Trinajstić information content (AvgIpc) is 3.51. The van der Waals surface area contributed by atoms with E-state index in [0.29, 0.717) is 12.4 Å². The van der Waals surface area contributed by atoms with Gasteiger partial charge in [-0.05, 0) is 32.7 Å². The van der Waals surface area contributed by atoms with E-state index in [2.05, 4.69) is 96.0 Å². The molecule has 0 spiro atoms. The molecule has 0 amide bonds. The molecule has 34 heavy (non-hydrogen) atoms. The Hall–Kier alpha value is -4.13. The predicted molar refractivity (Wildman–Crippen MR) is 132 cm³/mol. The van der Waals surface area contributed by atoms with E-state index < -0.39 is 0 Å². The van der Waals surface area contributed by atoms with Crippen molar-refractivity contribution >= 4 is 0 Å². The van der Waals surface area contributed by atoms with E-state index in [0.717, 1.165) is 34.8 Å². The van der Waals surface area contributed by atoms with Gasteiger partial charge in [0.15, 0.2) is 11.6 Å². The van der Waals surface area contributed by atoms with Gasteiger partial charge in [-0.3, -0.25) is 0 Å². The van der Waals surface area contributed by atoms with Crippen LogP contribution in [0.15, 0.2) is 78.9 Å². The lowest BCUT2D eigenvalue weighted by Crippen LogP contribution is -2.20. The lowest BCUT2D eigenvalue weighted by Gasteiger charge is -2.18. The summed E-state index contributed by atoms with van der Waals surface area (Å²) in [6.45, 7) is 7.21. The quantitative estimate of drug-likeness (QED) is 0.392. The Balaban J connectivity index is 1.41. The summed E-state index contributed by atoms with van der Waals surface area (Å²) in [4.78, 5) is 4.91. The monoisotopic (exact) mass is 449 g/mol. The molecule has 0 fully saturated rings. The first-order valence-corrected chi connectivity index (χ1v) is 11.4. The number of hydrogen-bond acceptors (Lipinski definition) is 5. The molecule has 5 rings (SSSR count). The van der Waals surface area contributed by atoms with Crippen LogP contribution in [0.4, 0.5) is 0 Å². The number of nitrogens with one attached hydrogen (secondary N) is 1. The second-order valence-electron chi connectivity index (χ2n) is 9.41. The van der Waals surface area contributed by atoms with Gasteiger partial charge in [0.25, 0.3) is 0 Å². The third-order valence-corrected chi connectivity index (χ3v) is 5.72. The van der Waals surface area contributed by atoms with Crippen LogP contribution < -0.4 is 0 Å². The van der Waals surface area contributed by atoms with Crippen molar-refractivity contribution in [1.82, 2.24) is 35.4 Å². The first-order chi connectivity index (χ1) is 16.5. The fourth-order valence-corrected chi connectivity index (χ4v) is 4.08. The van der Waals surface area contributed by atoms with E-state index in [9.17, 15) is 0 Å². The van der Waals surface area contributed by atoms with Gasteiger partial charge in [-0.25, -0.2) is 14.8 Å². The number of rotatable bonds is 6. The highest BCUT2D eigenvalue weighted by Gasteiger charge is 2.23. The SMILES string of the molecule is CC(C)(C)c1nc(Cc2ccccc2)nn1Cc1ccc(-c2ccccc2-c2nnn[nH]2)cc1. The van der Waals surface area contributed by atoms with Crippen molar-refractivity contribution in [3.8, 4) is 22.5 Å². The standard InChI is InChI=1S/C27H27N7/c1-27(2,3)26-28-24(17-19-9-5-4-6-10-19)31-34(26)18-20-13-15-21(16-14-20)22-11-7-8-12-23(22)25-29-32-33-30-25/h4-16H,17-18H2,1-3H3,(H,29,30,32,33). The second kappa shape index (κ2) is 9.02. The van der Waals surface area contributed by atoms with E-state index in [4.69, 9.17) is 10.1 Å². The van der Waals surface area contributed by atoms with Crippen LogP contribution in [0, 0.1) is 0 Å². The molecule has 0 aliphatic heterocycles. The molecule has 1 N–H and O–H groups in total. The Morgan fingerprint density at radius 1 is 0.794 bits per heavy atom. The number of H-pyrrole nitrogens is 1. The number of aromatic amines is 1. The highest BCUT2D eigenvalue weighted by Crippen LogP contribution is 2.30. The van der Waals surface area contributed by atoms with Crippen molar-refractivity contribution in [3.05, 3.63) is 102 Å². The first-order valence-electron chi connectivity index (χ1n) is 11.4. The van der Waals surface area contributed by atoms with Gasteiger partial charge in [0.2, 0.25) is 0 Å². The Morgan fingerprint density at radius 3 is 2.18 bits per heavy atom. The van der Waals surface area contributed by atoms with Crippen LogP contribution in [0.1, 0.15) is 43.5 Å². The molecule has 7 nitrogen and oxygen atoms in total. The summed E-state index contributed by atoms with van der Waals surface area (Å²) in [5.74, 6) is 2.50. The van der Waals surface area contributed by atoms with E-state index in [1.807, 2.05) is 28.9 Å². The summed E-state index contributed by atoms with van der Waals surface area (Å²) >= 11 is 0. The molecule has 5 aromatic rings. The maximum Gasteiger partial charge on any atom is 0.180 e. The Morgan fingerprint density at radius 2 is 1.50 bits per heavy atom. The van der Waals surface area contributed by atoms with Crippen LogP contribution in [0.3, 0.4) is 0 Å². The summed E-state index contributed by atoms with van der Waals surface area (Å²) in [6.07, 6.45) is 0.725. The summed E-state index contributed by atoms with van der Waals surface area (Å²) in [7, 11) is 0. The molecular formula is C27H27N7. The summed E-state index contributed by atoms with van der Waals surface area (Å²) in [5.41, 5.74) is 5.43. The smallest absolute Gasteiger partial charge is 0.180 e. The average molecular weight is 450 g/mol. The van der Waals surface area contributed by atoms with Crippen molar-refractivity contribution < 1.29 is 0 Å². The van der Waals surface area contributed by atoms with E-state index in [1.54, 1.807) is 0 Å². The molecule has 0 aliphatic carbocycles. The number of nitrogens with zero attached hydrogens (tertiary/aromatic N) is 6. The van der Waals surface area contributed by atoms with Gasteiger partial charge < -0.3 is 0 Å². The first kappa shape index (κ1) is 21.7. The van der Waals surface area contributed by atoms with Crippen LogP contribution in [0.5, 0.6) is 0 Å². The lowest BCUT2D eigenvalue weighted by atomic mass is 9.95. The van der Waals surface area contributed by atoms with E-state index in [-0.39, 0.29) is 5.41 Å². The van der Waals surface area contributed by atoms with E-state index >= 15 is 0 Å². The summed E-state index contributed by atoms with van der Waals surface area (Å²) < 4.78 is 2.04. The zero-order valence-electron chi connectivity index (χ0n) is 19.6.